The second-order valence-electron chi connectivity index (χ2n) is 7.52. The molecule has 0 heterocycles. The predicted octanol–water partition coefficient (Wildman–Crippen LogP) is 6.04. The van der Waals surface area contributed by atoms with Gasteiger partial charge in [0.2, 0.25) is 0 Å². The van der Waals surface area contributed by atoms with E-state index < -0.39 is 11.2 Å². The average molecular weight is 365 g/mol. The molecule has 144 valence electrons. The van der Waals surface area contributed by atoms with Gasteiger partial charge in [0.05, 0.1) is 11.2 Å². The average Bonchev–Trinajstić information content (AvgIpc) is 2.71. The Balaban J connectivity index is 1.94. The Morgan fingerprint density at radius 1 is 0.778 bits per heavy atom. The number of hydrogen-bond donors (Lipinski definition) is 2. The van der Waals surface area contributed by atoms with E-state index in [1.54, 1.807) is 12.2 Å². The molecule has 0 amide bonds. The van der Waals surface area contributed by atoms with Gasteiger partial charge in [-0.3, -0.25) is 0 Å². The lowest BCUT2D eigenvalue weighted by Crippen LogP contribution is -2.25. The second-order valence-corrected chi connectivity index (χ2v) is 7.52. The lowest BCUT2D eigenvalue weighted by Gasteiger charge is -2.29. The Morgan fingerprint density at radius 3 is 1.67 bits per heavy atom. The Hall–Kier alpha value is -2.16. The van der Waals surface area contributed by atoms with E-state index in [1.807, 2.05) is 62.4 Å². The van der Waals surface area contributed by atoms with E-state index in [0.29, 0.717) is 19.3 Å². The van der Waals surface area contributed by atoms with E-state index in [0.717, 1.165) is 35.1 Å². The molecule has 0 aliphatic heterocycles. The highest BCUT2D eigenvalue weighted by molar-refractivity contribution is 5.48. The molecule has 2 unspecified atom stereocenters. The summed E-state index contributed by atoms with van der Waals surface area (Å²) >= 11 is 0. The minimum Gasteiger partial charge on any atom is -0.385 e. The first-order valence-corrected chi connectivity index (χ1v) is 9.75. The largest absolute Gasteiger partial charge is 0.385 e. The van der Waals surface area contributed by atoms with E-state index in [1.165, 1.54) is 0 Å². The van der Waals surface area contributed by atoms with E-state index >= 15 is 0 Å². The normalized spacial score (nSPS) is 15.6. The van der Waals surface area contributed by atoms with Gasteiger partial charge >= 0.3 is 0 Å². The molecule has 2 aromatic carbocycles. The molecule has 0 radical (unpaired) electrons. The van der Waals surface area contributed by atoms with Crippen molar-refractivity contribution in [3.05, 3.63) is 83.9 Å². The van der Waals surface area contributed by atoms with Crippen molar-refractivity contribution in [2.75, 3.05) is 0 Å². The number of hydrogen-bond acceptors (Lipinski definition) is 2. The maximum Gasteiger partial charge on any atom is 0.0894 e. The Labute approximate surface area is 163 Å². The van der Waals surface area contributed by atoms with Crippen LogP contribution in [0.25, 0.3) is 12.2 Å². The van der Waals surface area contributed by atoms with E-state index in [4.69, 9.17) is 0 Å². The van der Waals surface area contributed by atoms with Gasteiger partial charge in [-0.25, -0.2) is 0 Å². The molecular formula is C25H32O2. The molecule has 27 heavy (non-hydrogen) atoms. The third-order valence-electron chi connectivity index (χ3n) is 5.54. The maximum atomic E-state index is 11.1. The molecule has 2 N–H and O–H groups in total. The fourth-order valence-electron chi connectivity index (χ4n) is 3.46. The quantitative estimate of drug-likeness (QED) is 0.505. The van der Waals surface area contributed by atoms with Gasteiger partial charge in [-0.05, 0) is 48.4 Å². The van der Waals surface area contributed by atoms with Crippen LogP contribution in [0.2, 0.25) is 0 Å². The lowest BCUT2D eigenvalue weighted by molar-refractivity contribution is 0.0138. The molecule has 2 heteroatoms. The highest BCUT2D eigenvalue weighted by atomic mass is 16.3. The summed E-state index contributed by atoms with van der Waals surface area (Å²) in [6.07, 6.45) is 7.32. The molecule has 0 aliphatic carbocycles. The summed E-state index contributed by atoms with van der Waals surface area (Å²) in [5, 5.41) is 21.9. The third-order valence-corrected chi connectivity index (χ3v) is 5.54. The van der Waals surface area contributed by atoms with Crippen molar-refractivity contribution in [3.63, 3.8) is 0 Å². The van der Waals surface area contributed by atoms with Crippen molar-refractivity contribution in [2.45, 2.75) is 57.2 Å². The van der Waals surface area contributed by atoms with Gasteiger partial charge in [0.15, 0.2) is 0 Å². The Morgan fingerprint density at radius 2 is 1.22 bits per heavy atom. The number of benzene rings is 2. The van der Waals surface area contributed by atoms with Crippen LogP contribution >= 0.6 is 0 Å². The summed E-state index contributed by atoms with van der Waals surface area (Å²) in [5.74, 6) is 0. The first kappa shape index (κ1) is 21.1. The van der Waals surface area contributed by atoms with Gasteiger partial charge in [0.1, 0.15) is 0 Å². The highest BCUT2D eigenvalue weighted by Gasteiger charge is 2.28. The maximum absolute atomic E-state index is 11.1. The van der Waals surface area contributed by atoms with Crippen LogP contribution in [-0.4, -0.2) is 10.2 Å². The fourth-order valence-corrected chi connectivity index (χ4v) is 3.46. The second kappa shape index (κ2) is 9.16. The van der Waals surface area contributed by atoms with Crippen molar-refractivity contribution >= 4 is 12.2 Å². The van der Waals surface area contributed by atoms with Crippen LogP contribution in [-0.2, 0) is 11.2 Å². The first-order chi connectivity index (χ1) is 12.8. The van der Waals surface area contributed by atoms with Crippen LogP contribution in [0.4, 0.5) is 0 Å². The molecule has 0 aromatic heterocycles. The Kier molecular flexibility index (Phi) is 7.18. The lowest BCUT2D eigenvalue weighted by atomic mass is 9.84. The summed E-state index contributed by atoms with van der Waals surface area (Å²) in [4.78, 5) is 0. The van der Waals surface area contributed by atoms with Crippen LogP contribution in [0, 0.1) is 0 Å². The molecule has 2 rings (SSSR count). The summed E-state index contributed by atoms with van der Waals surface area (Å²) < 4.78 is 0. The number of unbranched alkanes of at least 4 members (excludes halogenated alkanes) is 1. The van der Waals surface area contributed by atoms with Crippen LogP contribution in [0.3, 0.4) is 0 Å². The van der Waals surface area contributed by atoms with Crippen molar-refractivity contribution in [3.8, 4) is 0 Å². The zero-order valence-corrected chi connectivity index (χ0v) is 16.6. The molecule has 2 aromatic rings. The first-order valence-electron chi connectivity index (χ1n) is 9.75. The van der Waals surface area contributed by atoms with Gasteiger partial charge in [-0.2, -0.15) is 0 Å². The van der Waals surface area contributed by atoms with Crippen molar-refractivity contribution in [1.82, 2.24) is 0 Å². The zero-order chi connectivity index (χ0) is 19.9. The van der Waals surface area contributed by atoms with Crippen LogP contribution in [0.15, 0.2) is 61.7 Å². The van der Waals surface area contributed by atoms with Gasteiger partial charge in [0.25, 0.3) is 0 Å². The molecule has 0 saturated carbocycles. The predicted molar refractivity (Wildman–Crippen MR) is 115 cm³/mol. The van der Waals surface area contributed by atoms with Gasteiger partial charge < -0.3 is 10.2 Å². The number of aliphatic hydroxyl groups is 2. The minimum absolute atomic E-state index is 0.662. The molecule has 0 bridgehead atoms. The topological polar surface area (TPSA) is 40.5 Å². The standard InChI is InChI=1S/C25H32O2/c1-5-20-10-14-22(15-11-20)24(4,26)18-8-9-19-25(27,7-3)23-16-12-21(6-2)13-17-23/h5-6,10-17,26-27H,1-2,7-9,18-19H2,3-4H3. The summed E-state index contributed by atoms with van der Waals surface area (Å²) in [6, 6.07) is 15.8. The third kappa shape index (κ3) is 5.41. The molecule has 0 fully saturated rings. The molecule has 2 atom stereocenters. The fraction of sp³-hybridized carbons (Fsp3) is 0.360. The smallest absolute Gasteiger partial charge is 0.0894 e. The SMILES string of the molecule is C=Cc1ccc(C(C)(O)CCCCC(O)(CC)c2ccc(C=C)cc2)cc1. The molecule has 0 saturated heterocycles. The molecule has 2 nitrogen and oxygen atoms in total. The van der Waals surface area contributed by atoms with Crippen molar-refractivity contribution in [2.24, 2.45) is 0 Å². The zero-order valence-electron chi connectivity index (χ0n) is 16.6. The molecule has 0 spiro atoms. The van der Waals surface area contributed by atoms with Crippen LogP contribution < -0.4 is 0 Å². The van der Waals surface area contributed by atoms with E-state index in [9.17, 15) is 10.2 Å². The van der Waals surface area contributed by atoms with Crippen LogP contribution in [0.1, 0.15) is 68.2 Å². The monoisotopic (exact) mass is 364 g/mol. The summed E-state index contributed by atoms with van der Waals surface area (Å²) in [5.41, 5.74) is 2.27. The number of rotatable bonds is 10. The van der Waals surface area contributed by atoms with Crippen molar-refractivity contribution < 1.29 is 10.2 Å². The summed E-state index contributed by atoms with van der Waals surface area (Å²) in [7, 11) is 0. The summed E-state index contributed by atoms with van der Waals surface area (Å²) in [6.45, 7) is 11.4. The molecular weight excluding hydrogens is 332 g/mol. The molecule has 0 aliphatic rings. The van der Waals surface area contributed by atoms with Gasteiger partial charge in [-0.15, -0.1) is 0 Å². The van der Waals surface area contributed by atoms with Gasteiger partial charge in [0, 0.05) is 0 Å². The minimum atomic E-state index is -0.865. The highest BCUT2D eigenvalue weighted by Crippen LogP contribution is 2.33. The van der Waals surface area contributed by atoms with Crippen LogP contribution in [0.5, 0.6) is 0 Å². The Bertz CT molecular complexity index is 741. The van der Waals surface area contributed by atoms with Gasteiger partial charge in [-0.1, -0.05) is 93.6 Å². The van der Waals surface area contributed by atoms with E-state index in [-0.39, 0.29) is 0 Å². The van der Waals surface area contributed by atoms with E-state index in [2.05, 4.69) is 13.2 Å². The van der Waals surface area contributed by atoms with Crippen molar-refractivity contribution in [1.29, 1.82) is 0 Å².